The molecule has 2 aromatic heterocycles. The highest BCUT2D eigenvalue weighted by atomic mass is 32.1. The Balaban J connectivity index is 1.78. The fourth-order valence-corrected chi connectivity index (χ4v) is 3.98. The Bertz CT molecular complexity index is 1090. The molecular formula is C20H23N3O4S. The summed E-state index contributed by atoms with van der Waals surface area (Å²) in [6.07, 6.45) is 1.45. The van der Waals surface area contributed by atoms with Gasteiger partial charge in [0.05, 0.1) is 25.9 Å². The molecule has 2 heterocycles. The van der Waals surface area contributed by atoms with Crippen molar-refractivity contribution in [1.82, 2.24) is 14.5 Å². The van der Waals surface area contributed by atoms with Crippen LogP contribution in [0.1, 0.15) is 16.0 Å². The molecule has 0 spiro atoms. The average Bonchev–Trinajstić information content (AvgIpc) is 2.98. The van der Waals surface area contributed by atoms with Gasteiger partial charge >= 0.3 is 0 Å². The summed E-state index contributed by atoms with van der Waals surface area (Å²) in [4.78, 5) is 33.1. The van der Waals surface area contributed by atoms with Crippen LogP contribution in [0.15, 0.2) is 29.3 Å². The van der Waals surface area contributed by atoms with E-state index in [1.165, 1.54) is 22.2 Å². The molecule has 0 aliphatic rings. The summed E-state index contributed by atoms with van der Waals surface area (Å²) in [6.45, 7) is 4.21. The van der Waals surface area contributed by atoms with E-state index >= 15 is 0 Å². The van der Waals surface area contributed by atoms with Crippen LogP contribution in [0, 0.1) is 13.8 Å². The first-order valence-electron chi connectivity index (χ1n) is 8.75. The minimum atomic E-state index is -0.181. The van der Waals surface area contributed by atoms with Gasteiger partial charge in [0.15, 0.2) is 11.5 Å². The first-order valence-corrected chi connectivity index (χ1v) is 9.57. The zero-order valence-electron chi connectivity index (χ0n) is 16.6. The number of nitrogens with zero attached hydrogens (tertiary/aromatic N) is 3. The lowest BCUT2D eigenvalue weighted by Crippen LogP contribution is -2.33. The summed E-state index contributed by atoms with van der Waals surface area (Å²) in [5.41, 5.74) is 1.65. The topological polar surface area (TPSA) is 73.7 Å². The highest BCUT2D eigenvalue weighted by molar-refractivity contribution is 7.18. The molecule has 0 radical (unpaired) electrons. The quantitative estimate of drug-likeness (QED) is 0.635. The van der Waals surface area contributed by atoms with Crippen LogP contribution in [0.2, 0.25) is 0 Å². The number of aromatic nitrogens is 2. The van der Waals surface area contributed by atoms with Gasteiger partial charge in [-0.3, -0.25) is 14.2 Å². The van der Waals surface area contributed by atoms with Gasteiger partial charge in [-0.1, -0.05) is 6.07 Å². The maximum atomic E-state index is 12.8. The third-order valence-electron chi connectivity index (χ3n) is 4.75. The average molecular weight is 401 g/mol. The van der Waals surface area contributed by atoms with Crippen molar-refractivity contribution >= 4 is 27.5 Å². The highest BCUT2D eigenvalue weighted by Gasteiger charge is 2.16. The van der Waals surface area contributed by atoms with E-state index in [-0.39, 0.29) is 18.0 Å². The van der Waals surface area contributed by atoms with Crippen LogP contribution in [0.4, 0.5) is 0 Å². The molecule has 1 aromatic carbocycles. The van der Waals surface area contributed by atoms with E-state index in [1.54, 1.807) is 32.2 Å². The van der Waals surface area contributed by atoms with E-state index in [0.717, 1.165) is 16.0 Å². The minimum Gasteiger partial charge on any atom is -0.493 e. The largest absolute Gasteiger partial charge is 0.493 e. The SMILES string of the molecule is COc1ccc(CN(C)C(=O)Cn2cnc3sc(C)c(C)c3c2=O)cc1OC. The second kappa shape index (κ2) is 8.02. The van der Waals surface area contributed by atoms with Gasteiger partial charge in [-0.05, 0) is 37.1 Å². The number of rotatable bonds is 6. The van der Waals surface area contributed by atoms with Crippen molar-refractivity contribution < 1.29 is 14.3 Å². The standard InChI is InChI=1S/C20H23N3O4S/c1-12-13(2)28-19-18(12)20(25)23(11-21-19)10-17(24)22(3)9-14-6-7-15(26-4)16(8-14)27-5/h6-8,11H,9-10H2,1-5H3. The van der Waals surface area contributed by atoms with Crippen molar-refractivity contribution in [2.24, 2.45) is 0 Å². The molecule has 7 nitrogen and oxygen atoms in total. The van der Waals surface area contributed by atoms with Crippen molar-refractivity contribution in [2.75, 3.05) is 21.3 Å². The molecule has 148 valence electrons. The molecule has 0 saturated carbocycles. The van der Waals surface area contributed by atoms with E-state index in [1.807, 2.05) is 26.0 Å². The zero-order valence-corrected chi connectivity index (χ0v) is 17.4. The molecule has 0 unspecified atom stereocenters. The van der Waals surface area contributed by atoms with E-state index < -0.39 is 0 Å². The molecule has 0 aliphatic heterocycles. The van der Waals surface area contributed by atoms with Gasteiger partial charge in [-0.2, -0.15) is 0 Å². The van der Waals surface area contributed by atoms with Gasteiger partial charge in [-0.15, -0.1) is 11.3 Å². The minimum absolute atomic E-state index is 0.0557. The van der Waals surface area contributed by atoms with Gasteiger partial charge < -0.3 is 14.4 Å². The lowest BCUT2D eigenvalue weighted by Gasteiger charge is -2.19. The number of hydrogen-bond acceptors (Lipinski definition) is 6. The van der Waals surface area contributed by atoms with Gasteiger partial charge in [0.2, 0.25) is 5.91 Å². The maximum Gasteiger partial charge on any atom is 0.262 e. The monoisotopic (exact) mass is 401 g/mol. The molecule has 28 heavy (non-hydrogen) atoms. The number of carbonyl (C=O) groups excluding carboxylic acids is 1. The molecule has 3 rings (SSSR count). The van der Waals surface area contributed by atoms with Crippen LogP contribution < -0.4 is 15.0 Å². The summed E-state index contributed by atoms with van der Waals surface area (Å²) < 4.78 is 11.9. The highest BCUT2D eigenvalue weighted by Crippen LogP contribution is 2.28. The van der Waals surface area contributed by atoms with Crippen molar-refractivity contribution in [2.45, 2.75) is 26.9 Å². The number of likely N-dealkylation sites (N-methyl/N-ethyl adjacent to an activating group) is 1. The fraction of sp³-hybridized carbons (Fsp3) is 0.350. The zero-order chi connectivity index (χ0) is 20.4. The number of ether oxygens (including phenoxy) is 2. The summed E-state index contributed by atoms with van der Waals surface area (Å²) in [6, 6.07) is 5.51. The van der Waals surface area contributed by atoms with Crippen LogP contribution in [-0.2, 0) is 17.9 Å². The summed E-state index contributed by atoms with van der Waals surface area (Å²) >= 11 is 1.49. The van der Waals surface area contributed by atoms with E-state index in [4.69, 9.17) is 9.47 Å². The fourth-order valence-electron chi connectivity index (χ4n) is 2.99. The van der Waals surface area contributed by atoms with Crippen LogP contribution in [-0.4, -0.2) is 41.6 Å². The molecule has 0 N–H and O–H groups in total. The molecule has 3 aromatic rings. The Kier molecular flexibility index (Phi) is 5.69. The molecule has 0 saturated heterocycles. The molecule has 0 fully saturated rings. The van der Waals surface area contributed by atoms with Crippen molar-refractivity contribution in [1.29, 1.82) is 0 Å². The third kappa shape index (κ3) is 3.73. The van der Waals surface area contributed by atoms with Crippen LogP contribution >= 0.6 is 11.3 Å². The molecule has 0 atom stereocenters. The maximum absolute atomic E-state index is 12.8. The van der Waals surface area contributed by atoms with Crippen molar-refractivity contribution in [3.8, 4) is 11.5 Å². The first-order chi connectivity index (χ1) is 13.3. The Morgan fingerprint density at radius 2 is 1.93 bits per heavy atom. The predicted molar refractivity (Wildman–Crippen MR) is 109 cm³/mol. The summed E-state index contributed by atoms with van der Waals surface area (Å²) in [5.74, 6) is 1.06. The normalized spacial score (nSPS) is 10.9. The third-order valence-corrected chi connectivity index (χ3v) is 5.87. The van der Waals surface area contributed by atoms with Crippen molar-refractivity contribution in [3.05, 3.63) is 50.9 Å². The number of carbonyl (C=O) groups is 1. The van der Waals surface area contributed by atoms with E-state index in [2.05, 4.69) is 4.98 Å². The lowest BCUT2D eigenvalue weighted by atomic mass is 10.2. The van der Waals surface area contributed by atoms with Crippen LogP contribution in [0.5, 0.6) is 11.5 Å². The molecular weight excluding hydrogens is 378 g/mol. The Hall–Kier alpha value is -2.87. The second-order valence-corrected chi connectivity index (χ2v) is 7.78. The Labute approximate surface area is 167 Å². The smallest absolute Gasteiger partial charge is 0.262 e. The van der Waals surface area contributed by atoms with Gasteiger partial charge in [-0.25, -0.2) is 4.98 Å². The summed E-state index contributed by atoms with van der Waals surface area (Å²) in [5, 5.41) is 0.598. The Morgan fingerprint density at radius 1 is 1.21 bits per heavy atom. The molecule has 0 bridgehead atoms. The van der Waals surface area contributed by atoms with E-state index in [9.17, 15) is 9.59 Å². The Morgan fingerprint density at radius 3 is 2.61 bits per heavy atom. The predicted octanol–water partition coefficient (Wildman–Crippen LogP) is 2.75. The number of aryl methyl sites for hydroxylation is 2. The second-order valence-electron chi connectivity index (χ2n) is 6.58. The van der Waals surface area contributed by atoms with Gasteiger partial charge in [0.1, 0.15) is 11.4 Å². The van der Waals surface area contributed by atoms with Crippen LogP contribution in [0.3, 0.4) is 0 Å². The van der Waals surface area contributed by atoms with Crippen LogP contribution in [0.25, 0.3) is 10.2 Å². The number of methoxy groups -OCH3 is 2. The van der Waals surface area contributed by atoms with E-state index in [0.29, 0.717) is 28.3 Å². The molecule has 8 heteroatoms. The number of hydrogen-bond donors (Lipinski definition) is 0. The summed E-state index contributed by atoms with van der Waals surface area (Å²) in [7, 11) is 4.85. The lowest BCUT2D eigenvalue weighted by molar-refractivity contribution is -0.131. The molecule has 1 amide bonds. The van der Waals surface area contributed by atoms with Gasteiger partial charge in [0.25, 0.3) is 5.56 Å². The first kappa shape index (κ1) is 19.9. The number of amides is 1. The molecule has 0 aliphatic carbocycles. The number of benzene rings is 1. The van der Waals surface area contributed by atoms with Gasteiger partial charge in [0, 0.05) is 18.5 Å². The number of thiophene rings is 1. The van der Waals surface area contributed by atoms with Crippen molar-refractivity contribution in [3.63, 3.8) is 0 Å². The number of fused-ring (bicyclic) bond motifs is 1.